The van der Waals surface area contributed by atoms with E-state index < -0.39 is 0 Å². The molecule has 0 radical (unpaired) electrons. The molecule has 1 atom stereocenters. The predicted molar refractivity (Wildman–Crippen MR) is 75.9 cm³/mol. The van der Waals surface area contributed by atoms with Crippen molar-refractivity contribution in [1.82, 2.24) is 0 Å². The van der Waals surface area contributed by atoms with Crippen molar-refractivity contribution in [1.29, 1.82) is 0 Å². The highest BCUT2D eigenvalue weighted by atomic mass is 16.3. The number of pyridine rings is 1. The fraction of sp³-hybridized carbons (Fsp3) is 0.688. The summed E-state index contributed by atoms with van der Waals surface area (Å²) in [6.45, 7) is 11.1. The van der Waals surface area contributed by atoms with Crippen molar-refractivity contribution in [2.75, 3.05) is 6.61 Å². The maximum atomic E-state index is 9.51. The summed E-state index contributed by atoms with van der Waals surface area (Å²) >= 11 is 0. The van der Waals surface area contributed by atoms with Crippen molar-refractivity contribution < 1.29 is 9.67 Å². The molecule has 0 unspecified atom stereocenters. The van der Waals surface area contributed by atoms with Gasteiger partial charge in [-0.25, -0.2) is 0 Å². The third-order valence-corrected chi connectivity index (χ3v) is 3.71. The quantitative estimate of drug-likeness (QED) is 0.771. The maximum absolute atomic E-state index is 9.51. The van der Waals surface area contributed by atoms with Crippen LogP contribution in [0.2, 0.25) is 0 Å². The second kappa shape index (κ2) is 6.89. The number of aliphatic hydroxyl groups excluding tert-OH is 1. The third-order valence-electron chi connectivity index (χ3n) is 3.71. The standard InChI is InChI=1S/C16H28NO/c1-6-8-15-10-12(3)14(5)16(9-7-2)17(15)13(4)11-18/h10,13,18H,6-9,11H2,1-5H3/q+1/t13-/m0/s1. The molecule has 0 fully saturated rings. The summed E-state index contributed by atoms with van der Waals surface area (Å²) in [4.78, 5) is 0. The summed E-state index contributed by atoms with van der Waals surface area (Å²) in [5, 5.41) is 9.51. The minimum Gasteiger partial charge on any atom is -0.389 e. The molecular formula is C16H28NO+. The summed E-state index contributed by atoms with van der Waals surface area (Å²) in [5.41, 5.74) is 5.54. The smallest absolute Gasteiger partial charge is 0.185 e. The van der Waals surface area contributed by atoms with Crippen LogP contribution in [0.15, 0.2) is 6.07 Å². The molecule has 1 heterocycles. The van der Waals surface area contributed by atoms with E-state index in [9.17, 15) is 5.11 Å². The molecule has 2 nitrogen and oxygen atoms in total. The lowest BCUT2D eigenvalue weighted by atomic mass is 10.0. The summed E-state index contributed by atoms with van der Waals surface area (Å²) < 4.78 is 2.37. The average Bonchev–Trinajstić information content (AvgIpc) is 2.35. The fourth-order valence-electron chi connectivity index (χ4n) is 2.63. The molecule has 2 heteroatoms. The first-order valence-corrected chi connectivity index (χ1v) is 7.21. The van der Waals surface area contributed by atoms with Crippen LogP contribution in [0.3, 0.4) is 0 Å². The zero-order valence-corrected chi connectivity index (χ0v) is 12.6. The zero-order valence-electron chi connectivity index (χ0n) is 12.6. The Balaban J connectivity index is 3.41. The molecule has 0 amide bonds. The molecule has 0 aliphatic carbocycles. The van der Waals surface area contributed by atoms with Crippen LogP contribution in [0.25, 0.3) is 0 Å². The van der Waals surface area contributed by atoms with Gasteiger partial charge in [0.15, 0.2) is 17.4 Å². The Hall–Kier alpha value is -0.890. The number of hydrogen-bond donors (Lipinski definition) is 1. The van der Waals surface area contributed by atoms with Crippen LogP contribution in [0.5, 0.6) is 0 Å². The first kappa shape index (κ1) is 15.2. The first-order chi connectivity index (χ1) is 8.56. The van der Waals surface area contributed by atoms with Gasteiger partial charge in [0.2, 0.25) is 0 Å². The number of aryl methyl sites for hydroxylation is 2. The van der Waals surface area contributed by atoms with Gasteiger partial charge in [0.25, 0.3) is 0 Å². The molecule has 0 saturated heterocycles. The number of aromatic nitrogens is 1. The highest BCUT2D eigenvalue weighted by Gasteiger charge is 2.24. The molecule has 0 aliphatic rings. The number of nitrogens with zero attached hydrogens (tertiary/aromatic N) is 1. The van der Waals surface area contributed by atoms with Gasteiger partial charge in [0.1, 0.15) is 6.61 Å². The van der Waals surface area contributed by atoms with E-state index in [-0.39, 0.29) is 12.6 Å². The topological polar surface area (TPSA) is 24.1 Å². The van der Waals surface area contributed by atoms with Gasteiger partial charge in [-0.2, -0.15) is 4.57 Å². The predicted octanol–water partition coefficient (Wildman–Crippen LogP) is 3.05. The highest BCUT2D eigenvalue weighted by molar-refractivity contribution is 5.27. The molecule has 102 valence electrons. The normalized spacial score (nSPS) is 12.8. The third kappa shape index (κ3) is 3.11. The van der Waals surface area contributed by atoms with E-state index in [1.54, 1.807) is 0 Å². The van der Waals surface area contributed by atoms with Crippen molar-refractivity contribution in [2.45, 2.75) is 66.3 Å². The largest absolute Gasteiger partial charge is 0.389 e. The van der Waals surface area contributed by atoms with E-state index in [4.69, 9.17) is 0 Å². The van der Waals surface area contributed by atoms with Gasteiger partial charge in [-0.15, -0.1) is 0 Å². The van der Waals surface area contributed by atoms with Crippen molar-refractivity contribution >= 4 is 0 Å². The van der Waals surface area contributed by atoms with E-state index in [2.05, 4.69) is 45.3 Å². The second-order valence-corrected chi connectivity index (χ2v) is 5.29. The van der Waals surface area contributed by atoms with Crippen LogP contribution in [0.1, 0.15) is 62.2 Å². The molecule has 1 aromatic heterocycles. The molecule has 0 spiro atoms. The summed E-state index contributed by atoms with van der Waals surface area (Å²) in [7, 11) is 0. The highest BCUT2D eigenvalue weighted by Crippen LogP contribution is 2.16. The van der Waals surface area contributed by atoms with E-state index in [1.807, 2.05) is 0 Å². The average molecular weight is 250 g/mol. The lowest BCUT2D eigenvalue weighted by Crippen LogP contribution is -2.48. The molecule has 0 aromatic carbocycles. The van der Waals surface area contributed by atoms with Gasteiger partial charge in [0.05, 0.1) is 0 Å². The minimum absolute atomic E-state index is 0.174. The Labute approximate surface area is 112 Å². The maximum Gasteiger partial charge on any atom is 0.185 e. The number of aliphatic hydroxyl groups is 1. The summed E-state index contributed by atoms with van der Waals surface area (Å²) in [5.74, 6) is 0. The van der Waals surface area contributed by atoms with Gasteiger partial charge in [-0.3, -0.25) is 0 Å². The van der Waals surface area contributed by atoms with E-state index in [1.165, 1.54) is 22.5 Å². The molecule has 0 aliphatic heterocycles. The monoisotopic (exact) mass is 250 g/mol. The van der Waals surface area contributed by atoms with E-state index in [0.717, 1.165) is 25.7 Å². The van der Waals surface area contributed by atoms with Crippen LogP contribution in [-0.2, 0) is 12.8 Å². The van der Waals surface area contributed by atoms with Gasteiger partial charge < -0.3 is 5.11 Å². The van der Waals surface area contributed by atoms with Crippen LogP contribution < -0.4 is 4.57 Å². The van der Waals surface area contributed by atoms with Crippen LogP contribution in [0, 0.1) is 13.8 Å². The van der Waals surface area contributed by atoms with Crippen molar-refractivity contribution in [2.24, 2.45) is 0 Å². The van der Waals surface area contributed by atoms with Crippen molar-refractivity contribution in [3.05, 3.63) is 28.6 Å². The minimum atomic E-state index is 0.174. The second-order valence-electron chi connectivity index (χ2n) is 5.29. The van der Waals surface area contributed by atoms with Crippen LogP contribution in [0.4, 0.5) is 0 Å². The lowest BCUT2D eigenvalue weighted by molar-refractivity contribution is -0.734. The SMILES string of the molecule is CCCc1cc(C)c(C)c(CCC)[n+]1[C@@H](C)CO. The Bertz CT molecular complexity index is 399. The Kier molecular flexibility index (Phi) is 5.80. The molecule has 0 saturated carbocycles. The number of rotatable bonds is 6. The van der Waals surface area contributed by atoms with Gasteiger partial charge in [-0.1, -0.05) is 13.8 Å². The Morgan fingerprint density at radius 2 is 1.78 bits per heavy atom. The van der Waals surface area contributed by atoms with Crippen LogP contribution in [-0.4, -0.2) is 11.7 Å². The Morgan fingerprint density at radius 1 is 1.17 bits per heavy atom. The zero-order chi connectivity index (χ0) is 13.7. The van der Waals surface area contributed by atoms with Gasteiger partial charge in [0, 0.05) is 31.4 Å². The molecule has 1 N–H and O–H groups in total. The fourth-order valence-corrected chi connectivity index (χ4v) is 2.63. The molecule has 1 rings (SSSR count). The number of hydrogen-bond acceptors (Lipinski definition) is 1. The molecular weight excluding hydrogens is 222 g/mol. The Morgan fingerprint density at radius 3 is 2.28 bits per heavy atom. The van der Waals surface area contributed by atoms with Gasteiger partial charge >= 0.3 is 0 Å². The molecule has 1 aromatic rings. The lowest BCUT2D eigenvalue weighted by Gasteiger charge is -2.16. The van der Waals surface area contributed by atoms with Crippen molar-refractivity contribution in [3.8, 4) is 0 Å². The van der Waals surface area contributed by atoms with Gasteiger partial charge in [-0.05, 0) is 32.3 Å². The molecule has 18 heavy (non-hydrogen) atoms. The van der Waals surface area contributed by atoms with E-state index >= 15 is 0 Å². The molecule has 0 bridgehead atoms. The first-order valence-electron chi connectivity index (χ1n) is 7.21. The van der Waals surface area contributed by atoms with Crippen LogP contribution >= 0.6 is 0 Å². The summed E-state index contributed by atoms with van der Waals surface area (Å²) in [6.07, 6.45) is 4.47. The summed E-state index contributed by atoms with van der Waals surface area (Å²) in [6, 6.07) is 2.47. The van der Waals surface area contributed by atoms with E-state index in [0.29, 0.717) is 0 Å². The van der Waals surface area contributed by atoms with Crippen molar-refractivity contribution in [3.63, 3.8) is 0 Å².